The number of nitrogen functional groups attached to an aromatic ring is 1. The van der Waals surface area contributed by atoms with Gasteiger partial charge in [-0.1, -0.05) is 18.1 Å². The van der Waals surface area contributed by atoms with Gasteiger partial charge in [0.05, 0.1) is 18.8 Å². The van der Waals surface area contributed by atoms with E-state index in [4.69, 9.17) is 27.0 Å². The molecule has 11 heteroatoms. The third kappa shape index (κ3) is 5.05. The number of nitrogens with one attached hydrogen (secondary N) is 3. The first kappa shape index (κ1) is 23.8. The van der Waals surface area contributed by atoms with Crippen LogP contribution >= 0.6 is 0 Å². The Kier molecular flexibility index (Phi) is 6.65. The van der Waals surface area contributed by atoms with Gasteiger partial charge in [0.2, 0.25) is 0 Å². The summed E-state index contributed by atoms with van der Waals surface area (Å²) in [7, 11) is 0. The molecule has 0 radical (unpaired) electrons. The van der Waals surface area contributed by atoms with Gasteiger partial charge in [-0.15, -0.1) is 16.2 Å². The fourth-order valence-corrected chi connectivity index (χ4v) is 4.01. The highest BCUT2D eigenvalue weighted by atomic mass is 16.5. The lowest BCUT2D eigenvalue weighted by atomic mass is 10.0. The minimum Gasteiger partial charge on any atom is -0.486 e. The number of nitrogens with two attached hydrogens (primary N) is 1. The van der Waals surface area contributed by atoms with Gasteiger partial charge < -0.3 is 20.5 Å². The molecule has 1 aliphatic heterocycles. The van der Waals surface area contributed by atoms with E-state index in [1.54, 1.807) is 36.4 Å². The van der Waals surface area contributed by atoms with Gasteiger partial charge in [-0.05, 0) is 36.4 Å². The SMILES string of the molecule is C#Cc1cccc([C@H](Nc2ccc(C(=N)N)cc2)c2nn(-c3ncccn3)c(=O)[nH]2)c1O[C@H]1CCOC1. The van der Waals surface area contributed by atoms with Crippen LogP contribution in [0.25, 0.3) is 5.95 Å². The molecule has 37 heavy (non-hydrogen) atoms. The number of rotatable bonds is 8. The minimum absolute atomic E-state index is 0.0368. The minimum atomic E-state index is -0.675. The predicted octanol–water partition coefficient (Wildman–Crippen LogP) is 1.99. The number of anilines is 1. The highest BCUT2D eigenvalue weighted by Crippen LogP contribution is 2.35. The number of H-pyrrole nitrogens is 1. The summed E-state index contributed by atoms with van der Waals surface area (Å²) >= 11 is 0. The van der Waals surface area contributed by atoms with Crippen molar-refractivity contribution in [1.29, 1.82) is 5.41 Å². The molecule has 186 valence electrons. The molecule has 0 spiro atoms. The predicted molar refractivity (Wildman–Crippen MR) is 137 cm³/mol. The van der Waals surface area contributed by atoms with Crippen molar-refractivity contribution in [3.05, 3.63) is 93.9 Å². The Bertz CT molecular complexity index is 1500. The maximum atomic E-state index is 12.9. The van der Waals surface area contributed by atoms with Crippen molar-refractivity contribution in [1.82, 2.24) is 24.7 Å². The van der Waals surface area contributed by atoms with Crippen LogP contribution in [0.15, 0.2) is 65.7 Å². The molecule has 2 aromatic carbocycles. The molecule has 2 atom stereocenters. The van der Waals surface area contributed by atoms with Crippen molar-refractivity contribution in [2.24, 2.45) is 5.73 Å². The highest BCUT2D eigenvalue weighted by molar-refractivity contribution is 5.95. The van der Waals surface area contributed by atoms with Gasteiger partial charge in [-0.2, -0.15) is 0 Å². The maximum absolute atomic E-state index is 12.9. The lowest BCUT2D eigenvalue weighted by molar-refractivity contribution is 0.140. The molecule has 0 saturated carbocycles. The van der Waals surface area contributed by atoms with E-state index in [2.05, 4.69) is 31.3 Å². The van der Waals surface area contributed by atoms with Crippen LogP contribution in [0.2, 0.25) is 0 Å². The highest BCUT2D eigenvalue weighted by Gasteiger charge is 2.28. The summed E-state index contributed by atoms with van der Waals surface area (Å²) in [4.78, 5) is 23.9. The van der Waals surface area contributed by atoms with Gasteiger partial charge in [0.15, 0.2) is 5.82 Å². The standard InChI is InChI=1S/C26H24N8O3/c1-2-16-5-3-6-20(22(16)37-19-11-14-36-15-19)21(31-18-9-7-17(8-10-18)23(27)28)24-32-26(35)34(33-24)25-29-12-4-13-30-25/h1,3-10,12-13,19,21,31H,11,14-15H2,(H3,27,28)(H,32,33,35)/t19-,21-/m0/s1. The first-order chi connectivity index (χ1) is 18.0. The van der Waals surface area contributed by atoms with Crippen molar-refractivity contribution in [2.75, 3.05) is 18.5 Å². The molecule has 3 heterocycles. The second-order valence-electron chi connectivity index (χ2n) is 8.32. The fourth-order valence-electron chi connectivity index (χ4n) is 4.01. The molecule has 0 amide bonds. The zero-order valence-electron chi connectivity index (χ0n) is 19.7. The molecule has 0 aliphatic carbocycles. The first-order valence-corrected chi connectivity index (χ1v) is 11.5. The zero-order valence-corrected chi connectivity index (χ0v) is 19.7. The quantitative estimate of drug-likeness (QED) is 0.164. The molecule has 5 rings (SSSR count). The number of benzene rings is 2. The van der Waals surface area contributed by atoms with E-state index >= 15 is 0 Å². The van der Waals surface area contributed by atoms with Crippen LogP contribution in [0.4, 0.5) is 5.69 Å². The zero-order chi connectivity index (χ0) is 25.8. The van der Waals surface area contributed by atoms with Crippen molar-refractivity contribution in [2.45, 2.75) is 18.6 Å². The van der Waals surface area contributed by atoms with E-state index in [-0.39, 0.29) is 17.9 Å². The van der Waals surface area contributed by atoms with Crippen LogP contribution < -0.4 is 21.5 Å². The summed E-state index contributed by atoms with van der Waals surface area (Å²) in [6, 6.07) is 13.5. The number of ether oxygens (including phenoxy) is 2. The Balaban J connectivity index is 1.61. The third-order valence-corrected chi connectivity index (χ3v) is 5.84. The Morgan fingerprint density at radius 2 is 2.03 bits per heavy atom. The first-order valence-electron chi connectivity index (χ1n) is 11.5. The fraction of sp³-hybridized carbons (Fsp3) is 0.192. The normalized spacial score (nSPS) is 15.6. The number of hydrogen-bond donors (Lipinski definition) is 4. The summed E-state index contributed by atoms with van der Waals surface area (Å²) in [6.07, 6.45) is 9.47. The van der Waals surface area contributed by atoms with Gasteiger partial charge in [0.25, 0.3) is 5.95 Å². The largest absolute Gasteiger partial charge is 0.486 e. The van der Waals surface area contributed by atoms with E-state index in [1.807, 2.05) is 12.1 Å². The molecule has 0 unspecified atom stereocenters. The van der Waals surface area contributed by atoms with E-state index in [0.29, 0.717) is 47.2 Å². The van der Waals surface area contributed by atoms with Crippen LogP contribution in [-0.4, -0.2) is 49.9 Å². The number of aromatic amines is 1. The molecule has 2 aromatic heterocycles. The average Bonchev–Trinajstić information content (AvgIpc) is 3.58. The summed E-state index contributed by atoms with van der Waals surface area (Å²) in [5.41, 5.74) is 7.62. The number of para-hydroxylation sites is 1. The van der Waals surface area contributed by atoms with E-state index < -0.39 is 11.7 Å². The van der Waals surface area contributed by atoms with Gasteiger partial charge in [0.1, 0.15) is 23.7 Å². The second-order valence-corrected chi connectivity index (χ2v) is 8.32. The van der Waals surface area contributed by atoms with Gasteiger partial charge >= 0.3 is 5.69 Å². The number of aromatic nitrogens is 5. The molecular formula is C26H24N8O3. The molecular weight excluding hydrogens is 472 g/mol. The Labute approximate surface area is 212 Å². The Morgan fingerprint density at radius 1 is 1.24 bits per heavy atom. The van der Waals surface area contributed by atoms with E-state index in [0.717, 1.165) is 11.1 Å². The van der Waals surface area contributed by atoms with Crippen LogP contribution in [0, 0.1) is 17.8 Å². The molecule has 1 saturated heterocycles. The van der Waals surface area contributed by atoms with Crippen LogP contribution in [0.3, 0.4) is 0 Å². The van der Waals surface area contributed by atoms with Crippen molar-refractivity contribution in [3.8, 4) is 24.0 Å². The number of amidine groups is 1. The summed E-state index contributed by atoms with van der Waals surface area (Å²) in [5.74, 6) is 3.60. The van der Waals surface area contributed by atoms with Crippen LogP contribution in [0.5, 0.6) is 5.75 Å². The van der Waals surface area contributed by atoms with Gasteiger partial charge in [-0.3, -0.25) is 10.4 Å². The smallest absolute Gasteiger partial charge is 0.350 e. The average molecular weight is 497 g/mol. The van der Waals surface area contributed by atoms with Crippen LogP contribution in [0.1, 0.15) is 35.0 Å². The van der Waals surface area contributed by atoms with Gasteiger partial charge in [0, 0.05) is 35.6 Å². The molecule has 11 nitrogen and oxygen atoms in total. The van der Waals surface area contributed by atoms with Crippen molar-refractivity contribution in [3.63, 3.8) is 0 Å². The topological polar surface area (TPSA) is 157 Å². The number of terminal acetylenes is 1. The van der Waals surface area contributed by atoms with Crippen molar-refractivity contribution < 1.29 is 9.47 Å². The molecule has 4 aromatic rings. The summed E-state index contributed by atoms with van der Waals surface area (Å²) < 4.78 is 12.9. The lowest BCUT2D eigenvalue weighted by Crippen LogP contribution is -2.21. The van der Waals surface area contributed by atoms with Crippen molar-refractivity contribution >= 4 is 11.5 Å². The van der Waals surface area contributed by atoms with E-state index in [1.165, 1.54) is 12.4 Å². The van der Waals surface area contributed by atoms with E-state index in [9.17, 15) is 4.79 Å². The molecule has 0 bridgehead atoms. The summed E-state index contributed by atoms with van der Waals surface area (Å²) in [5, 5.41) is 15.6. The third-order valence-electron chi connectivity index (χ3n) is 5.84. The second kappa shape index (κ2) is 10.3. The monoisotopic (exact) mass is 496 g/mol. The van der Waals surface area contributed by atoms with Gasteiger partial charge in [-0.25, -0.2) is 14.8 Å². The molecule has 1 aliphatic rings. The molecule has 5 N–H and O–H groups in total. The summed E-state index contributed by atoms with van der Waals surface area (Å²) in [6.45, 7) is 1.07. The lowest BCUT2D eigenvalue weighted by Gasteiger charge is -2.23. The Morgan fingerprint density at radius 3 is 2.70 bits per heavy atom. The van der Waals surface area contributed by atoms with Crippen LogP contribution in [-0.2, 0) is 4.74 Å². The maximum Gasteiger partial charge on any atom is 0.350 e. The number of nitrogens with zero attached hydrogens (tertiary/aromatic N) is 4. The molecule has 1 fully saturated rings. The number of hydrogen-bond acceptors (Lipinski definition) is 8. The Hall–Kier alpha value is -4.95.